The second-order valence-electron chi connectivity index (χ2n) is 6.06. The van der Waals surface area contributed by atoms with Gasteiger partial charge in [0.1, 0.15) is 11.5 Å². The number of anilines is 2. The summed E-state index contributed by atoms with van der Waals surface area (Å²) in [6.07, 6.45) is 0. The summed E-state index contributed by atoms with van der Waals surface area (Å²) in [5, 5.41) is 10.7. The number of hydrogen-bond acceptors (Lipinski definition) is 5. The van der Waals surface area contributed by atoms with Crippen LogP contribution in [0.5, 0.6) is 11.5 Å². The zero-order valence-electron chi connectivity index (χ0n) is 14.9. The van der Waals surface area contributed by atoms with E-state index in [4.69, 9.17) is 4.74 Å². The van der Waals surface area contributed by atoms with E-state index in [1.54, 1.807) is 36.4 Å². The van der Waals surface area contributed by atoms with Gasteiger partial charge in [-0.1, -0.05) is 17.7 Å². The number of benzene rings is 2. The molecule has 0 bridgehead atoms. The Hall–Kier alpha value is -3.41. The van der Waals surface area contributed by atoms with Crippen molar-refractivity contribution in [3.63, 3.8) is 0 Å². The number of ether oxygens (including phenoxy) is 1. The summed E-state index contributed by atoms with van der Waals surface area (Å²) in [6, 6.07) is 18.4. The highest BCUT2D eigenvalue weighted by molar-refractivity contribution is 6.02. The first-order valence-corrected chi connectivity index (χ1v) is 8.18. The van der Waals surface area contributed by atoms with Crippen molar-refractivity contribution in [2.75, 3.05) is 24.3 Å². The van der Waals surface area contributed by atoms with Gasteiger partial charge < -0.3 is 15.0 Å². The molecule has 0 fully saturated rings. The molecule has 0 spiro atoms. The Morgan fingerprint density at radius 2 is 1.50 bits per heavy atom. The van der Waals surface area contributed by atoms with Crippen LogP contribution < -0.4 is 15.0 Å². The molecule has 0 saturated carbocycles. The molecule has 0 unspecified atom stereocenters. The third-order valence-corrected chi connectivity index (χ3v) is 3.71. The Morgan fingerprint density at radius 1 is 0.885 bits per heavy atom. The lowest BCUT2D eigenvalue weighted by Crippen LogP contribution is -2.16. The Bertz CT molecular complexity index is 873. The van der Waals surface area contributed by atoms with Gasteiger partial charge in [0.2, 0.25) is 0 Å². The molecule has 132 valence electrons. The van der Waals surface area contributed by atoms with Crippen molar-refractivity contribution in [1.82, 2.24) is 10.2 Å². The Labute approximate surface area is 152 Å². The highest BCUT2D eigenvalue weighted by Gasteiger charge is 2.09. The summed E-state index contributed by atoms with van der Waals surface area (Å²) in [6.45, 7) is 2.03. The van der Waals surface area contributed by atoms with Crippen LogP contribution in [0.2, 0.25) is 0 Å². The average Bonchev–Trinajstić information content (AvgIpc) is 2.65. The summed E-state index contributed by atoms with van der Waals surface area (Å²) >= 11 is 0. The third kappa shape index (κ3) is 4.36. The fourth-order valence-electron chi connectivity index (χ4n) is 2.23. The Kier molecular flexibility index (Phi) is 5.12. The molecule has 0 aliphatic rings. The van der Waals surface area contributed by atoms with Gasteiger partial charge in [-0.2, -0.15) is 0 Å². The number of carbonyl (C=O) groups is 1. The monoisotopic (exact) mass is 348 g/mol. The normalized spacial score (nSPS) is 10.3. The van der Waals surface area contributed by atoms with Gasteiger partial charge in [0, 0.05) is 19.8 Å². The first-order chi connectivity index (χ1) is 12.5. The van der Waals surface area contributed by atoms with Crippen LogP contribution in [-0.4, -0.2) is 30.2 Å². The number of hydrogen-bond donors (Lipinski definition) is 1. The molecule has 6 nitrogen and oxygen atoms in total. The van der Waals surface area contributed by atoms with Crippen molar-refractivity contribution in [1.29, 1.82) is 0 Å². The Balaban J connectivity index is 1.63. The molecule has 6 heteroatoms. The van der Waals surface area contributed by atoms with E-state index in [1.165, 1.54) is 5.56 Å². The lowest BCUT2D eigenvalue weighted by molar-refractivity contribution is 0.102. The maximum Gasteiger partial charge on any atom is 0.276 e. The van der Waals surface area contributed by atoms with E-state index in [0.29, 0.717) is 17.3 Å². The smallest absolute Gasteiger partial charge is 0.276 e. The number of aryl methyl sites for hydroxylation is 1. The number of nitrogens with zero attached hydrogens (tertiary/aromatic N) is 3. The zero-order valence-corrected chi connectivity index (χ0v) is 14.9. The van der Waals surface area contributed by atoms with Crippen LogP contribution in [0.15, 0.2) is 60.7 Å². The van der Waals surface area contributed by atoms with Gasteiger partial charge in [-0.15, -0.1) is 10.2 Å². The van der Waals surface area contributed by atoms with Gasteiger partial charge in [-0.05, 0) is 55.5 Å². The van der Waals surface area contributed by atoms with Crippen molar-refractivity contribution < 1.29 is 9.53 Å². The molecular formula is C20H20N4O2. The predicted molar refractivity (Wildman–Crippen MR) is 102 cm³/mol. The summed E-state index contributed by atoms with van der Waals surface area (Å²) in [5.74, 6) is 1.85. The average molecular weight is 348 g/mol. The van der Waals surface area contributed by atoms with Gasteiger partial charge >= 0.3 is 0 Å². The summed E-state index contributed by atoms with van der Waals surface area (Å²) in [7, 11) is 3.73. The van der Waals surface area contributed by atoms with Crippen LogP contribution in [0, 0.1) is 6.92 Å². The SMILES string of the molecule is Cc1ccc(Oc2ccc(NC(=O)c3ccc(N(C)C)nn3)cc2)cc1. The lowest BCUT2D eigenvalue weighted by atomic mass is 10.2. The molecule has 3 aromatic rings. The molecule has 1 N–H and O–H groups in total. The van der Waals surface area contributed by atoms with Gasteiger partial charge in [-0.25, -0.2) is 0 Å². The highest BCUT2D eigenvalue weighted by atomic mass is 16.5. The van der Waals surface area contributed by atoms with Crippen molar-refractivity contribution in [3.05, 3.63) is 71.9 Å². The second kappa shape index (κ2) is 7.65. The molecule has 0 atom stereocenters. The molecule has 26 heavy (non-hydrogen) atoms. The fraction of sp³-hybridized carbons (Fsp3) is 0.150. The summed E-state index contributed by atoms with van der Waals surface area (Å²) in [4.78, 5) is 14.1. The largest absolute Gasteiger partial charge is 0.457 e. The number of carbonyl (C=O) groups excluding carboxylic acids is 1. The number of nitrogens with one attached hydrogen (secondary N) is 1. The van der Waals surface area contributed by atoms with E-state index >= 15 is 0 Å². The van der Waals surface area contributed by atoms with E-state index in [-0.39, 0.29) is 11.6 Å². The maximum absolute atomic E-state index is 12.2. The van der Waals surface area contributed by atoms with E-state index in [9.17, 15) is 4.79 Å². The molecule has 1 heterocycles. The molecule has 1 aromatic heterocycles. The van der Waals surface area contributed by atoms with Crippen LogP contribution in [-0.2, 0) is 0 Å². The van der Waals surface area contributed by atoms with Gasteiger partial charge in [0.05, 0.1) is 0 Å². The van der Waals surface area contributed by atoms with E-state index in [1.807, 2.05) is 50.2 Å². The first kappa shape index (κ1) is 17.4. The van der Waals surface area contributed by atoms with Gasteiger partial charge in [-0.3, -0.25) is 4.79 Å². The maximum atomic E-state index is 12.2. The van der Waals surface area contributed by atoms with Crippen LogP contribution in [0.1, 0.15) is 16.1 Å². The van der Waals surface area contributed by atoms with E-state index in [0.717, 1.165) is 5.75 Å². The molecular weight excluding hydrogens is 328 g/mol. The Morgan fingerprint density at radius 3 is 2.04 bits per heavy atom. The van der Waals surface area contributed by atoms with E-state index in [2.05, 4.69) is 15.5 Å². The van der Waals surface area contributed by atoms with Crippen LogP contribution in [0.4, 0.5) is 11.5 Å². The standard InChI is InChI=1S/C20H20N4O2/c1-14-4-8-16(9-5-14)26-17-10-6-15(7-11-17)21-20(25)18-12-13-19(23-22-18)24(2)3/h4-13H,1-3H3,(H,21,25). The quantitative estimate of drug-likeness (QED) is 0.757. The number of rotatable bonds is 5. The minimum atomic E-state index is -0.310. The van der Waals surface area contributed by atoms with E-state index < -0.39 is 0 Å². The van der Waals surface area contributed by atoms with Crippen molar-refractivity contribution in [3.8, 4) is 11.5 Å². The molecule has 3 rings (SSSR count). The van der Waals surface area contributed by atoms with Crippen molar-refractivity contribution in [2.45, 2.75) is 6.92 Å². The topological polar surface area (TPSA) is 67.3 Å². The molecule has 2 aromatic carbocycles. The zero-order chi connectivity index (χ0) is 18.5. The summed E-state index contributed by atoms with van der Waals surface area (Å²) < 4.78 is 5.77. The third-order valence-electron chi connectivity index (χ3n) is 3.71. The lowest BCUT2D eigenvalue weighted by Gasteiger charge is -2.10. The molecule has 0 saturated heterocycles. The van der Waals surface area contributed by atoms with Crippen LogP contribution in [0.3, 0.4) is 0 Å². The highest BCUT2D eigenvalue weighted by Crippen LogP contribution is 2.23. The molecule has 1 amide bonds. The minimum Gasteiger partial charge on any atom is -0.457 e. The summed E-state index contributed by atoms with van der Waals surface area (Å²) in [5.41, 5.74) is 2.09. The predicted octanol–water partition coefficient (Wildman–Crippen LogP) is 3.90. The van der Waals surface area contributed by atoms with Gasteiger partial charge in [0.25, 0.3) is 5.91 Å². The fourth-order valence-corrected chi connectivity index (χ4v) is 2.23. The number of aromatic nitrogens is 2. The van der Waals surface area contributed by atoms with Crippen molar-refractivity contribution >= 4 is 17.4 Å². The molecule has 0 radical (unpaired) electrons. The van der Waals surface area contributed by atoms with Crippen LogP contribution >= 0.6 is 0 Å². The first-order valence-electron chi connectivity index (χ1n) is 8.18. The minimum absolute atomic E-state index is 0.260. The van der Waals surface area contributed by atoms with Crippen LogP contribution in [0.25, 0.3) is 0 Å². The molecule has 0 aliphatic carbocycles. The van der Waals surface area contributed by atoms with Crippen molar-refractivity contribution in [2.24, 2.45) is 0 Å². The molecule has 0 aliphatic heterocycles. The van der Waals surface area contributed by atoms with Gasteiger partial charge in [0.15, 0.2) is 11.5 Å². The number of amides is 1. The second-order valence-corrected chi connectivity index (χ2v) is 6.06.